The summed E-state index contributed by atoms with van der Waals surface area (Å²) in [6.07, 6.45) is 0.0378. The lowest BCUT2D eigenvalue weighted by atomic mass is 9.92. The van der Waals surface area contributed by atoms with Gasteiger partial charge < -0.3 is 10.4 Å². The van der Waals surface area contributed by atoms with E-state index in [-0.39, 0.29) is 24.7 Å². The van der Waals surface area contributed by atoms with Gasteiger partial charge in [0.15, 0.2) is 0 Å². The lowest BCUT2D eigenvalue weighted by Gasteiger charge is -2.15. The minimum atomic E-state index is -0.914. The molecule has 0 radical (unpaired) electrons. The summed E-state index contributed by atoms with van der Waals surface area (Å²) in [5.41, 5.74) is 3.23. The number of nitrogens with one attached hydrogen (secondary N) is 1. The van der Waals surface area contributed by atoms with Gasteiger partial charge >= 0.3 is 5.97 Å². The van der Waals surface area contributed by atoms with E-state index in [2.05, 4.69) is 10.4 Å². The fourth-order valence-electron chi connectivity index (χ4n) is 2.84. The van der Waals surface area contributed by atoms with Gasteiger partial charge in [-0.3, -0.25) is 14.3 Å². The van der Waals surface area contributed by atoms with Crippen LogP contribution in [0.15, 0.2) is 30.3 Å². The molecular weight excluding hydrogens is 306 g/mol. The predicted molar refractivity (Wildman–Crippen MR) is 92.1 cm³/mol. The fourth-order valence-corrected chi connectivity index (χ4v) is 2.84. The molecule has 6 nitrogen and oxygen atoms in total. The van der Waals surface area contributed by atoms with Gasteiger partial charge in [0.05, 0.1) is 23.5 Å². The first-order valence-electron chi connectivity index (χ1n) is 8.03. The van der Waals surface area contributed by atoms with Crippen LogP contribution in [0.3, 0.4) is 0 Å². The largest absolute Gasteiger partial charge is 0.481 e. The van der Waals surface area contributed by atoms with E-state index in [1.54, 1.807) is 0 Å². The summed E-state index contributed by atoms with van der Waals surface area (Å²) in [6.45, 7) is 6.48. The third-order valence-corrected chi connectivity index (χ3v) is 4.07. The first-order valence-corrected chi connectivity index (χ1v) is 8.03. The number of carbonyl (C=O) groups excluding carboxylic acids is 1. The van der Waals surface area contributed by atoms with E-state index in [1.807, 2.05) is 55.8 Å². The van der Waals surface area contributed by atoms with E-state index in [0.29, 0.717) is 5.69 Å². The van der Waals surface area contributed by atoms with Crippen molar-refractivity contribution in [2.75, 3.05) is 5.32 Å². The first-order chi connectivity index (χ1) is 11.4. The van der Waals surface area contributed by atoms with E-state index in [9.17, 15) is 9.59 Å². The Morgan fingerprint density at radius 1 is 1.21 bits per heavy atom. The lowest BCUT2D eigenvalue weighted by Crippen LogP contribution is -2.18. The Morgan fingerprint density at radius 2 is 1.88 bits per heavy atom. The molecule has 2 N–H and O–H groups in total. The number of aryl methyl sites for hydroxylation is 2. The molecule has 2 aromatic rings. The second kappa shape index (κ2) is 7.77. The zero-order valence-electron chi connectivity index (χ0n) is 14.2. The van der Waals surface area contributed by atoms with Crippen molar-refractivity contribution in [2.24, 2.45) is 0 Å². The van der Waals surface area contributed by atoms with Crippen LogP contribution in [0.25, 0.3) is 0 Å². The summed E-state index contributed by atoms with van der Waals surface area (Å²) >= 11 is 0. The van der Waals surface area contributed by atoms with Crippen LogP contribution in [-0.2, 0) is 16.1 Å². The van der Waals surface area contributed by atoms with Crippen LogP contribution in [-0.4, -0.2) is 26.8 Å². The molecule has 0 aliphatic rings. The molecule has 1 aromatic carbocycles. The zero-order chi connectivity index (χ0) is 17.7. The van der Waals surface area contributed by atoms with Crippen LogP contribution in [0, 0.1) is 13.8 Å². The Hall–Kier alpha value is -2.63. The van der Waals surface area contributed by atoms with Crippen molar-refractivity contribution in [2.45, 2.75) is 46.1 Å². The topological polar surface area (TPSA) is 84.2 Å². The molecule has 0 bridgehead atoms. The molecule has 1 heterocycles. The van der Waals surface area contributed by atoms with Crippen LogP contribution >= 0.6 is 0 Å². The number of anilines is 1. The minimum Gasteiger partial charge on any atom is -0.481 e. The number of carboxylic acids is 1. The van der Waals surface area contributed by atoms with Gasteiger partial charge in [0.1, 0.15) is 0 Å². The van der Waals surface area contributed by atoms with Crippen LogP contribution in [0.1, 0.15) is 42.6 Å². The molecule has 1 atom stereocenters. The van der Waals surface area contributed by atoms with Crippen molar-refractivity contribution < 1.29 is 14.7 Å². The van der Waals surface area contributed by atoms with Crippen molar-refractivity contribution in [1.82, 2.24) is 9.78 Å². The van der Waals surface area contributed by atoms with Crippen molar-refractivity contribution in [1.29, 1.82) is 0 Å². The Balaban J connectivity index is 2.14. The highest BCUT2D eigenvalue weighted by Gasteiger charge is 2.21. The van der Waals surface area contributed by atoms with E-state index in [4.69, 9.17) is 5.11 Å². The van der Waals surface area contributed by atoms with Gasteiger partial charge in [-0.05, 0) is 26.3 Å². The molecule has 0 spiro atoms. The average molecular weight is 329 g/mol. The molecule has 2 rings (SSSR count). The number of carbonyl (C=O) groups is 2. The van der Waals surface area contributed by atoms with Gasteiger partial charge in [-0.15, -0.1) is 0 Å². The maximum atomic E-state index is 12.4. The van der Waals surface area contributed by atoms with Crippen molar-refractivity contribution in [3.8, 4) is 0 Å². The molecule has 0 aliphatic carbocycles. The van der Waals surface area contributed by atoms with Gasteiger partial charge in [0.2, 0.25) is 5.91 Å². The highest BCUT2D eigenvalue weighted by Crippen LogP contribution is 2.25. The van der Waals surface area contributed by atoms with Gasteiger partial charge in [-0.25, -0.2) is 0 Å². The summed E-state index contributed by atoms with van der Waals surface area (Å²) in [7, 11) is 0. The smallest absolute Gasteiger partial charge is 0.303 e. The number of carboxylic acid groups (broad SMARTS) is 1. The standard InChI is InChI=1S/C18H23N3O3/c1-4-21-13(3)18(12(2)20-21)19-16(22)10-15(11-17(23)24)14-8-6-5-7-9-14/h5-9,15H,4,10-11H2,1-3H3,(H,19,22)(H,23,24)/t15-/m0/s1. The van der Waals surface area contributed by atoms with Gasteiger partial charge in [-0.1, -0.05) is 30.3 Å². The summed E-state index contributed by atoms with van der Waals surface area (Å²) < 4.78 is 1.83. The molecule has 0 saturated carbocycles. The molecule has 0 saturated heterocycles. The maximum absolute atomic E-state index is 12.4. The van der Waals surface area contributed by atoms with Gasteiger partial charge in [0, 0.05) is 18.9 Å². The number of amides is 1. The van der Waals surface area contributed by atoms with Crippen LogP contribution in [0.2, 0.25) is 0 Å². The molecular formula is C18H23N3O3. The summed E-state index contributed by atoms with van der Waals surface area (Å²) in [5.74, 6) is -1.47. The van der Waals surface area contributed by atoms with E-state index in [1.165, 1.54) is 0 Å². The molecule has 1 aromatic heterocycles. The third-order valence-electron chi connectivity index (χ3n) is 4.07. The number of aromatic nitrogens is 2. The summed E-state index contributed by atoms with van der Waals surface area (Å²) in [4.78, 5) is 23.6. The SMILES string of the molecule is CCn1nc(C)c(NC(=O)C[C@@H](CC(=O)O)c2ccccc2)c1C. The molecule has 24 heavy (non-hydrogen) atoms. The molecule has 1 amide bonds. The van der Waals surface area contributed by atoms with Crippen LogP contribution in [0.4, 0.5) is 5.69 Å². The summed E-state index contributed by atoms with van der Waals surface area (Å²) in [6, 6.07) is 9.27. The Labute approximate surface area is 141 Å². The molecule has 0 unspecified atom stereocenters. The van der Waals surface area contributed by atoms with Gasteiger partial charge in [-0.2, -0.15) is 5.10 Å². The number of rotatable bonds is 7. The number of nitrogens with zero attached hydrogens (tertiary/aromatic N) is 2. The van der Waals surface area contributed by atoms with Crippen LogP contribution < -0.4 is 5.32 Å². The summed E-state index contributed by atoms with van der Waals surface area (Å²) in [5, 5.41) is 16.4. The molecule has 0 aliphatic heterocycles. The monoisotopic (exact) mass is 329 g/mol. The maximum Gasteiger partial charge on any atom is 0.303 e. The normalized spacial score (nSPS) is 12.0. The number of aliphatic carboxylic acids is 1. The highest BCUT2D eigenvalue weighted by atomic mass is 16.4. The van der Waals surface area contributed by atoms with Crippen LogP contribution in [0.5, 0.6) is 0 Å². The predicted octanol–water partition coefficient (Wildman–Crippen LogP) is 3.11. The van der Waals surface area contributed by atoms with E-state index < -0.39 is 5.97 Å². The Bertz CT molecular complexity index is 723. The number of hydrogen-bond acceptors (Lipinski definition) is 3. The van der Waals surface area contributed by atoms with E-state index in [0.717, 1.165) is 23.5 Å². The molecule has 128 valence electrons. The highest BCUT2D eigenvalue weighted by molar-refractivity contribution is 5.92. The molecule has 6 heteroatoms. The van der Waals surface area contributed by atoms with Gasteiger partial charge in [0.25, 0.3) is 0 Å². The lowest BCUT2D eigenvalue weighted by molar-refractivity contribution is -0.137. The number of benzene rings is 1. The average Bonchev–Trinajstić information content (AvgIpc) is 2.82. The number of hydrogen-bond donors (Lipinski definition) is 2. The zero-order valence-corrected chi connectivity index (χ0v) is 14.2. The second-order valence-corrected chi connectivity index (χ2v) is 5.82. The van der Waals surface area contributed by atoms with Crippen molar-refractivity contribution >= 4 is 17.6 Å². The second-order valence-electron chi connectivity index (χ2n) is 5.82. The fraction of sp³-hybridized carbons (Fsp3) is 0.389. The molecule has 0 fully saturated rings. The first kappa shape index (κ1) is 17.7. The minimum absolute atomic E-state index is 0.0797. The van der Waals surface area contributed by atoms with E-state index >= 15 is 0 Å². The Kier molecular flexibility index (Phi) is 5.73. The Morgan fingerprint density at radius 3 is 2.42 bits per heavy atom. The van der Waals surface area contributed by atoms with Crippen molar-refractivity contribution in [3.05, 3.63) is 47.3 Å². The van der Waals surface area contributed by atoms with Crippen molar-refractivity contribution in [3.63, 3.8) is 0 Å². The quantitative estimate of drug-likeness (QED) is 0.817. The third kappa shape index (κ3) is 4.22.